The quantitative estimate of drug-likeness (QED) is 0.441. The number of anilines is 1. The Balaban J connectivity index is 1.34. The maximum Gasteiger partial charge on any atom is 0.254 e. The summed E-state index contributed by atoms with van der Waals surface area (Å²) in [7, 11) is 0. The molecule has 0 unspecified atom stereocenters. The van der Waals surface area contributed by atoms with E-state index in [4.69, 9.17) is 15.5 Å². The Morgan fingerprint density at radius 3 is 2.68 bits per heavy atom. The summed E-state index contributed by atoms with van der Waals surface area (Å²) >= 11 is 0. The van der Waals surface area contributed by atoms with Crippen LogP contribution in [0.15, 0.2) is 48.8 Å². The number of carbonyl (C=O) groups is 1. The molecule has 6 rings (SSSR count). The molecule has 2 aliphatic heterocycles. The van der Waals surface area contributed by atoms with Gasteiger partial charge < -0.3 is 20.3 Å². The van der Waals surface area contributed by atoms with Crippen LogP contribution in [0.1, 0.15) is 23.2 Å². The molecule has 0 bridgehead atoms. The van der Waals surface area contributed by atoms with Crippen molar-refractivity contribution in [2.75, 3.05) is 44.3 Å². The summed E-state index contributed by atoms with van der Waals surface area (Å²) in [6.45, 7) is 3.75. The molecular weight excluding hydrogens is 473 g/mol. The highest BCUT2D eigenvalue weighted by molar-refractivity contribution is 5.97. The van der Waals surface area contributed by atoms with Crippen molar-refractivity contribution in [2.45, 2.75) is 18.9 Å². The number of nitrogens with zero attached hydrogens (tertiary/aromatic N) is 5. The minimum absolute atomic E-state index is 0.125. The van der Waals surface area contributed by atoms with E-state index in [0.717, 1.165) is 42.7 Å². The fraction of sp³-hybridized carbons (Fsp3) is 0.333. The van der Waals surface area contributed by atoms with Gasteiger partial charge >= 0.3 is 0 Å². The minimum atomic E-state index is -0.395. The predicted octanol–water partition coefficient (Wildman–Crippen LogP) is 3.23. The highest BCUT2D eigenvalue weighted by Crippen LogP contribution is 2.32. The molecule has 4 aromatic rings. The topological polar surface area (TPSA) is 113 Å². The number of ether oxygens (including phenoxy) is 1. The first-order chi connectivity index (χ1) is 18.1. The van der Waals surface area contributed by atoms with Gasteiger partial charge in [0.05, 0.1) is 31.1 Å². The van der Waals surface area contributed by atoms with Crippen LogP contribution >= 0.6 is 0 Å². The predicted molar refractivity (Wildman–Crippen MR) is 139 cm³/mol. The Morgan fingerprint density at radius 2 is 1.86 bits per heavy atom. The lowest BCUT2D eigenvalue weighted by Crippen LogP contribution is -2.40. The molecule has 1 amide bonds. The van der Waals surface area contributed by atoms with Crippen molar-refractivity contribution in [1.82, 2.24) is 25.1 Å². The maximum atomic E-state index is 15.0. The van der Waals surface area contributed by atoms with Crippen LogP contribution in [0.2, 0.25) is 0 Å². The number of rotatable bonds is 4. The zero-order valence-electron chi connectivity index (χ0n) is 20.4. The molecule has 37 heavy (non-hydrogen) atoms. The van der Waals surface area contributed by atoms with E-state index < -0.39 is 5.82 Å². The number of aromatic amines is 1. The zero-order chi connectivity index (χ0) is 25.4. The van der Waals surface area contributed by atoms with Crippen LogP contribution in [0.25, 0.3) is 33.4 Å². The van der Waals surface area contributed by atoms with Crippen LogP contribution in [-0.2, 0) is 4.74 Å². The lowest BCUT2D eigenvalue weighted by molar-refractivity contribution is 0.0303. The Labute approximate surface area is 213 Å². The van der Waals surface area contributed by atoms with Crippen LogP contribution in [0.3, 0.4) is 0 Å². The number of amides is 1. The van der Waals surface area contributed by atoms with Crippen molar-refractivity contribution in [3.63, 3.8) is 0 Å². The molecule has 4 heterocycles. The summed E-state index contributed by atoms with van der Waals surface area (Å²) in [6, 6.07) is 10.3. The summed E-state index contributed by atoms with van der Waals surface area (Å²) in [5, 5.41) is 8.34. The van der Waals surface area contributed by atoms with Crippen LogP contribution in [0.5, 0.6) is 0 Å². The van der Waals surface area contributed by atoms with Crippen molar-refractivity contribution in [2.24, 2.45) is 5.73 Å². The highest BCUT2D eigenvalue weighted by atomic mass is 19.1. The van der Waals surface area contributed by atoms with E-state index in [1.54, 1.807) is 23.4 Å². The van der Waals surface area contributed by atoms with Crippen molar-refractivity contribution in [3.05, 3.63) is 60.2 Å². The minimum Gasteiger partial charge on any atom is -0.378 e. The number of hydrogen-bond acceptors (Lipinski definition) is 7. The first-order valence-electron chi connectivity index (χ1n) is 12.5. The number of H-pyrrole nitrogens is 1. The van der Waals surface area contributed by atoms with E-state index in [1.807, 2.05) is 18.2 Å². The van der Waals surface area contributed by atoms with Gasteiger partial charge in [-0.3, -0.25) is 14.9 Å². The number of carbonyl (C=O) groups excluding carboxylic acids is 1. The molecule has 0 spiro atoms. The molecule has 2 aromatic heterocycles. The van der Waals surface area contributed by atoms with Crippen molar-refractivity contribution in [3.8, 4) is 22.5 Å². The first kappa shape index (κ1) is 23.5. The average Bonchev–Trinajstić information content (AvgIpc) is 3.37. The highest BCUT2D eigenvalue weighted by Gasteiger charge is 2.21. The van der Waals surface area contributed by atoms with E-state index >= 15 is 0 Å². The van der Waals surface area contributed by atoms with Gasteiger partial charge in [-0.05, 0) is 48.7 Å². The molecule has 2 aromatic carbocycles. The molecule has 190 valence electrons. The van der Waals surface area contributed by atoms with Crippen LogP contribution in [-0.4, -0.2) is 76.4 Å². The fourth-order valence-corrected chi connectivity index (χ4v) is 4.96. The third kappa shape index (κ3) is 4.65. The van der Waals surface area contributed by atoms with Gasteiger partial charge in [-0.15, -0.1) is 0 Å². The summed E-state index contributed by atoms with van der Waals surface area (Å²) in [4.78, 5) is 26.2. The van der Waals surface area contributed by atoms with Gasteiger partial charge in [0.1, 0.15) is 23.0 Å². The molecule has 3 N–H and O–H groups in total. The fourth-order valence-electron chi connectivity index (χ4n) is 4.96. The number of benzene rings is 2. The van der Waals surface area contributed by atoms with E-state index in [1.165, 1.54) is 12.1 Å². The Hall–Kier alpha value is -3.89. The number of morpholine rings is 1. The first-order valence-corrected chi connectivity index (χ1v) is 12.5. The molecular formula is C27H28FN7O2. The molecule has 2 aliphatic rings. The van der Waals surface area contributed by atoms with Gasteiger partial charge in [-0.1, -0.05) is 6.07 Å². The smallest absolute Gasteiger partial charge is 0.254 e. The maximum absolute atomic E-state index is 15.0. The Morgan fingerprint density at radius 1 is 1.05 bits per heavy atom. The van der Waals surface area contributed by atoms with Gasteiger partial charge in [0.25, 0.3) is 5.91 Å². The van der Waals surface area contributed by atoms with Gasteiger partial charge in [0.15, 0.2) is 0 Å². The van der Waals surface area contributed by atoms with E-state index in [2.05, 4.69) is 20.1 Å². The number of nitrogens with one attached hydrogen (secondary N) is 1. The van der Waals surface area contributed by atoms with Gasteiger partial charge in [-0.25, -0.2) is 9.37 Å². The van der Waals surface area contributed by atoms with Crippen LogP contribution < -0.4 is 10.6 Å². The second kappa shape index (κ2) is 9.87. The van der Waals surface area contributed by atoms with Gasteiger partial charge in [-0.2, -0.15) is 5.10 Å². The number of halogens is 1. The van der Waals surface area contributed by atoms with Crippen molar-refractivity contribution < 1.29 is 13.9 Å². The number of fused-ring (bicyclic) bond motifs is 1. The second-order valence-electron chi connectivity index (χ2n) is 9.52. The SMILES string of the molecule is NC1CCN(c2cncc(-c3n[nH]c4ccc(-c5cc(C(=O)N6CCOCC6)ccc5F)cc34)n2)CC1. The van der Waals surface area contributed by atoms with Gasteiger partial charge in [0.2, 0.25) is 0 Å². The van der Waals surface area contributed by atoms with E-state index in [9.17, 15) is 9.18 Å². The average molecular weight is 502 g/mol. The molecule has 0 atom stereocenters. The third-order valence-corrected chi connectivity index (χ3v) is 7.11. The Kier molecular flexibility index (Phi) is 6.27. The number of aromatic nitrogens is 4. The second-order valence-corrected chi connectivity index (χ2v) is 9.52. The van der Waals surface area contributed by atoms with E-state index in [-0.39, 0.29) is 11.9 Å². The van der Waals surface area contributed by atoms with Gasteiger partial charge in [0, 0.05) is 48.7 Å². The molecule has 2 fully saturated rings. The standard InChI is InChI=1S/C27H28FN7O2/c28-22-3-1-18(27(36)35-9-11-37-12-10-35)14-20(22)17-2-4-23-21(13-17)26(33-32-23)24-15-30-16-25(31-24)34-7-5-19(29)6-8-34/h1-4,13-16,19H,5-12,29H2,(H,32,33). The number of nitrogens with two attached hydrogens (primary N) is 1. The normalized spacial score (nSPS) is 16.9. The van der Waals surface area contributed by atoms with Crippen molar-refractivity contribution >= 4 is 22.6 Å². The summed E-state index contributed by atoms with van der Waals surface area (Å²) < 4.78 is 20.3. The van der Waals surface area contributed by atoms with E-state index in [0.29, 0.717) is 54.4 Å². The number of piperidine rings is 1. The molecule has 0 saturated carbocycles. The summed E-state index contributed by atoms with van der Waals surface area (Å²) in [5.41, 5.74) is 9.58. The monoisotopic (exact) mass is 501 g/mol. The Bertz CT molecular complexity index is 1440. The number of hydrogen-bond donors (Lipinski definition) is 2. The molecule has 0 radical (unpaired) electrons. The largest absolute Gasteiger partial charge is 0.378 e. The molecule has 10 heteroatoms. The zero-order valence-corrected chi connectivity index (χ0v) is 20.4. The molecule has 0 aliphatic carbocycles. The summed E-state index contributed by atoms with van der Waals surface area (Å²) in [5.74, 6) is 0.269. The molecule has 2 saturated heterocycles. The van der Waals surface area contributed by atoms with Crippen LogP contribution in [0.4, 0.5) is 10.2 Å². The van der Waals surface area contributed by atoms with Crippen LogP contribution in [0, 0.1) is 5.82 Å². The third-order valence-electron chi connectivity index (χ3n) is 7.11. The van der Waals surface area contributed by atoms with Crippen molar-refractivity contribution in [1.29, 1.82) is 0 Å². The lowest BCUT2D eigenvalue weighted by Gasteiger charge is -2.30. The molecule has 9 nitrogen and oxygen atoms in total. The lowest BCUT2D eigenvalue weighted by atomic mass is 9.99. The summed E-state index contributed by atoms with van der Waals surface area (Å²) in [6.07, 6.45) is 5.27.